The largest absolute Gasteiger partial charge is 0.467 e. The summed E-state index contributed by atoms with van der Waals surface area (Å²) in [7, 11) is 1.50. The Bertz CT molecular complexity index is 344. The summed E-state index contributed by atoms with van der Waals surface area (Å²) in [4.78, 5) is 12.1. The molecule has 1 aromatic rings. The molecule has 0 saturated carbocycles. The molecule has 0 fully saturated rings. The zero-order valence-electron chi connectivity index (χ0n) is 9.56. The van der Waals surface area contributed by atoms with Crippen molar-refractivity contribution in [1.29, 1.82) is 0 Å². The Kier molecular flexibility index (Phi) is 5.04. The molecule has 0 bridgehead atoms. The fourth-order valence-electron chi connectivity index (χ4n) is 0.943. The molecule has 88 valence electrons. The van der Waals surface area contributed by atoms with Gasteiger partial charge in [0.05, 0.1) is 7.11 Å². The summed E-state index contributed by atoms with van der Waals surface area (Å²) in [5.41, 5.74) is 0. The van der Waals surface area contributed by atoms with Crippen molar-refractivity contribution < 1.29 is 9.47 Å². The van der Waals surface area contributed by atoms with Gasteiger partial charge in [0, 0.05) is 6.54 Å². The van der Waals surface area contributed by atoms with Crippen molar-refractivity contribution in [2.75, 3.05) is 25.6 Å². The standard InChI is InChI=1S/C10H16N4O2/c1-4-6-11-8-12-9(15-3)14-10(13-8)16-7-5-2/h5H,2,4,6-7H2,1,3H3,(H,11,12,13,14). The van der Waals surface area contributed by atoms with Crippen molar-refractivity contribution >= 4 is 5.95 Å². The minimum Gasteiger partial charge on any atom is -0.467 e. The van der Waals surface area contributed by atoms with E-state index in [2.05, 4.69) is 33.8 Å². The molecule has 0 aromatic carbocycles. The Labute approximate surface area is 94.7 Å². The first kappa shape index (κ1) is 12.2. The fourth-order valence-corrected chi connectivity index (χ4v) is 0.943. The SMILES string of the molecule is C=CCOc1nc(NCCC)nc(OC)n1. The van der Waals surface area contributed by atoms with Gasteiger partial charge in [-0.05, 0) is 6.42 Å². The predicted molar refractivity (Wildman–Crippen MR) is 60.9 cm³/mol. The van der Waals surface area contributed by atoms with Crippen LogP contribution >= 0.6 is 0 Å². The normalized spacial score (nSPS) is 9.62. The van der Waals surface area contributed by atoms with E-state index >= 15 is 0 Å². The molecule has 1 aromatic heterocycles. The van der Waals surface area contributed by atoms with Crippen LogP contribution in [-0.4, -0.2) is 35.2 Å². The second-order valence-electron chi connectivity index (χ2n) is 2.95. The molecule has 0 aliphatic rings. The van der Waals surface area contributed by atoms with E-state index in [1.165, 1.54) is 7.11 Å². The van der Waals surface area contributed by atoms with Crippen molar-refractivity contribution in [3.05, 3.63) is 12.7 Å². The number of ether oxygens (including phenoxy) is 2. The number of nitrogens with zero attached hydrogens (tertiary/aromatic N) is 3. The van der Waals surface area contributed by atoms with Crippen LogP contribution in [0.15, 0.2) is 12.7 Å². The molecular weight excluding hydrogens is 208 g/mol. The highest BCUT2D eigenvalue weighted by Gasteiger charge is 2.06. The second kappa shape index (κ2) is 6.60. The summed E-state index contributed by atoms with van der Waals surface area (Å²) in [6.07, 6.45) is 2.60. The first-order chi connectivity index (χ1) is 7.80. The minimum atomic E-state index is 0.227. The number of nitrogens with one attached hydrogen (secondary N) is 1. The van der Waals surface area contributed by atoms with E-state index in [9.17, 15) is 0 Å². The summed E-state index contributed by atoms with van der Waals surface area (Å²) in [6, 6.07) is 0.456. The number of aromatic nitrogens is 3. The zero-order valence-corrected chi connectivity index (χ0v) is 9.56. The van der Waals surface area contributed by atoms with Crippen LogP contribution in [0.2, 0.25) is 0 Å². The Morgan fingerprint density at radius 3 is 2.69 bits per heavy atom. The number of rotatable bonds is 7. The van der Waals surface area contributed by atoms with E-state index in [1.54, 1.807) is 6.08 Å². The average molecular weight is 224 g/mol. The quantitative estimate of drug-likeness (QED) is 0.703. The van der Waals surface area contributed by atoms with Gasteiger partial charge in [-0.2, -0.15) is 9.97 Å². The van der Waals surface area contributed by atoms with E-state index in [0.717, 1.165) is 13.0 Å². The van der Waals surface area contributed by atoms with Gasteiger partial charge >= 0.3 is 12.0 Å². The number of anilines is 1. The third-order valence-electron chi connectivity index (χ3n) is 1.64. The number of hydrogen-bond donors (Lipinski definition) is 1. The molecule has 1 N–H and O–H groups in total. The highest BCUT2D eigenvalue weighted by molar-refractivity contribution is 5.27. The third kappa shape index (κ3) is 3.72. The molecule has 1 heterocycles. The van der Waals surface area contributed by atoms with Crippen LogP contribution in [0.1, 0.15) is 13.3 Å². The molecule has 0 spiro atoms. The molecule has 0 radical (unpaired) electrons. The lowest BCUT2D eigenvalue weighted by molar-refractivity contribution is 0.313. The summed E-state index contributed by atoms with van der Waals surface area (Å²) < 4.78 is 10.2. The molecule has 6 heteroatoms. The van der Waals surface area contributed by atoms with E-state index < -0.39 is 0 Å². The van der Waals surface area contributed by atoms with Crippen LogP contribution in [0, 0.1) is 0 Å². The number of hydrogen-bond acceptors (Lipinski definition) is 6. The summed E-state index contributed by atoms with van der Waals surface area (Å²) in [5, 5.41) is 3.04. The van der Waals surface area contributed by atoms with Crippen LogP contribution in [0.3, 0.4) is 0 Å². The molecule has 0 unspecified atom stereocenters. The van der Waals surface area contributed by atoms with Crippen molar-refractivity contribution in [2.24, 2.45) is 0 Å². The van der Waals surface area contributed by atoms with Gasteiger partial charge < -0.3 is 14.8 Å². The molecule has 16 heavy (non-hydrogen) atoms. The summed E-state index contributed by atoms with van der Waals surface area (Å²) in [6.45, 7) is 6.74. The lowest BCUT2D eigenvalue weighted by atomic mass is 10.5. The minimum absolute atomic E-state index is 0.227. The van der Waals surface area contributed by atoms with Crippen molar-refractivity contribution in [3.8, 4) is 12.0 Å². The maximum Gasteiger partial charge on any atom is 0.324 e. The fraction of sp³-hybridized carbons (Fsp3) is 0.500. The summed E-state index contributed by atoms with van der Waals surface area (Å²) in [5.74, 6) is 0.452. The smallest absolute Gasteiger partial charge is 0.324 e. The van der Waals surface area contributed by atoms with Gasteiger partial charge in [0.25, 0.3) is 0 Å². The second-order valence-corrected chi connectivity index (χ2v) is 2.95. The van der Waals surface area contributed by atoms with Crippen LogP contribution in [0.4, 0.5) is 5.95 Å². The van der Waals surface area contributed by atoms with Gasteiger partial charge in [0.1, 0.15) is 6.61 Å². The third-order valence-corrected chi connectivity index (χ3v) is 1.64. The van der Waals surface area contributed by atoms with E-state index in [4.69, 9.17) is 9.47 Å². The van der Waals surface area contributed by atoms with Crippen molar-refractivity contribution in [3.63, 3.8) is 0 Å². The molecule has 0 aliphatic heterocycles. The van der Waals surface area contributed by atoms with Crippen molar-refractivity contribution in [1.82, 2.24) is 15.0 Å². The predicted octanol–water partition coefficient (Wildman–Crippen LogP) is 1.27. The first-order valence-electron chi connectivity index (χ1n) is 5.07. The Morgan fingerprint density at radius 1 is 1.31 bits per heavy atom. The Hall–Kier alpha value is -1.85. The van der Waals surface area contributed by atoms with E-state index in [-0.39, 0.29) is 12.0 Å². The molecule has 0 atom stereocenters. The molecule has 0 aliphatic carbocycles. The molecular formula is C10H16N4O2. The van der Waals surface area contributed by atoms with Gasteiger partial charge in [0.2, 0.25) is 5.95 Å². The van der Waals surface area contributed by atoms with Gasteiger partial charge in [-0.3, -0.25) is 0 Å². The lowest BCUT2D eigenvalue weighted by Crippen LogP contribution is -2.08. The molecule has 1 rings (SSSR count). The molecule has 0 saturated heterocycles. The van der Waals surface area contributed by atoms with Crippen molar-refractivity contribution in [2.45, 2.75) is 13.3 Å². The Balaban J connectivity index is 2.78. The van der Waals surface area contributed by atoms with Crippen LogP contribution in [0.25, 0.3) is 0 Å². The molecule has 6 nitrogen and oxygen atoms in total. The topological polar surface area (TPSA) is 69.2 Å². The van der Waals surface area contributed by atoms with E-state index in [0.29, 0.717) is 12.6 Å². The molecule has 0 amide bonds. The average Bonchev–Trinajstić information content (AvgIpc) is 2.33. The monoisotopic (exact) mass is 224 g/mol. The number of methoxy groups -OCH3 is 1. The Morgan fingerprint density at radius 2 is 2.06 bits per heavy atom. The maximum atomic E-state index is 5.22. The first-order valence-corrected chi connectivity index (χ1v) is 5.07. The van der Waals surface area contributed by atoms with Crippen LogP contribution in [-0.2, 0) is 0 Å². The summed E-state index contributed by atoms with van der Waals surface area (Å²) >= 11 is 0. The zero-order chi connectivity index (χ0) is 11.8. The lowest BCUT2D eigenvalue weighted by Gasteiger charge is -2.07. The van der Waals surface area contributed by atoms with Crippen LogP contribution < -0.4 is 14.8 Å². The highest BCUT2D eigenvalue weighted by atomic mass is 16.5. The van der Waals surface area contributed by atoms with Gasteiger partial charge in [0.15, 0.2) is 0 Å². The van der Waals surface area contributed by atoms with E-state index in [1.807, 2.05) is 0 Å². The van der Waals surface area contributed by atoms with Gasteiger partial charge in [-0.1, -0.05) is 19.6 Å². The van der Waals surface area contributed by atoms with Crippen LogP contribution in [0.5, 0.6) is 12.0 Å². The highest BCUT2D eigenvalue weighted by Crippen LogP contribution is 2.12. The van der Waals surface area contributed by atoms with Gasteiger partial charge in [-0.25, -0.2) is 0 Å². The van der Waals surface area contributed by atoms with Gasteiger partial charge in [-0.15, -0.1) is 4.98 Å². The maximum absolute atomic E-state index is 5.22.